The molecule has 1 radical (unpaired) electrons. The zero-order valence-corrected chi connectivity index (χ0v) is 21.6. The maximum atomic E-state index is 8.49. The van der Waals surface area contributed by atoms with Gasteiger partial charge in [0.25, 0.3) is 0 Å². The first-order chi connectivity index (χ1) is 14.9. The van der Waals surface area contributed by atoms with E-state index < -0.39 is 20.5 Å². The number of hydrogen-bond acceptors (Lipinski definition) is 14. The van der Waals surface area contributed by atoms with Crippen LogP contribution in [-0.4, -0.2) is 75.7 Å². The van der Waals surface area contributed by atoms with Crippen molar-refractivity contribution < 1.29 is 74.8 Å². The molecule has 0 aliphatic carbocycles. The molecule has 1 rings (SSSR count). The fourth-order valence-electron chi connectivity index (χ4n) is 2.49. The van der Waals surface area contributed by atoms with E-state index in [4.69, 9.17) is 37.3 Å². The van der Waals surface area contributed by atoms with Gasteiger partial charge < -0.3 is 21.3 Å². The van der Waals surface area contributed by atoms with Gasteiger partial charge in [0.15, 0.2) is 0 Å². The Kier molecular flexibility index (Phi) is 28.0. The number of nitrogens with zero attached hydrogens (tertiary/aromatic N) is 2. The van der Waals surface area contributed by atoms with E-state index in [0.29, 0.717) is 0 Å². The number of unbranched alkanes of at least 4 members (excludes halogenated alkanes) is 2. The predicted octanol–water partition coefficient (Wildman–Crippen LogP) is -9.12. The monoisotopic (exact) mass is 575 g/mol. The summed E-state index contributed by atoms with van der Waals surface area (Å²) in [6, 6.07) is 0. The second-order valence-electron chi connectivity index (χ2n) is 6.88. The summed E-state index contributed by atoms with van der Waals surface area (Å²) in [6.45, 7) is 14.8. The smallest absolute Gasteiger partial charge is 0.303 e. The fraction of sp³-hybridized carbons (Fsp3) is 1.00. The number of rotatable bonds is 6. The van der Waals surface area contributed by atoms with Crippen LogP contribution in [0.15, 0.2) is 0 Å². The van der Waals surface area contributed by atoms with E-state index in [0.717, 1.165) is 52.9 Å². The SMILES string of the molecule is CCCCN1CNCCNCN(CCCC)CNCCNC1.[Cu+2].[O-][Cl+3]([O-])([O-])[O-].[O-][Cl+3]([O-])([O-])[O-]. The van der Waals surface area contributed by atoms with E-state index >= 15 is 0 Å². The summed E-state index contributed by atoms with van der Waals surface area (Å²) in [5.41, 5.74) is 0. The molecule has 0 atom stereocenters. The summed E-state index contributed by atoms with van der Waals surface area (Å²) in [4.78, 5) is 4.92. The van der Waals surface area contributed by atoms with Gasteiger partial charge in [-0.15, -0.1) is 20.5 Å². The fourth-order valence-corrected chi connectivity index (χ4v) is 2.49. The van der Waals surface area contributed by atoms with E-state index in [1.165, 1.54) is 38.8 Å². The predicted molar refractivity (Wildman–Crippen MR) is 94.7 cm³/mol. The van der Waals surface area contributed by atoms with Gasteiger partial charge in [0, 0.05) is 65.9 Å². The van der Waals surface area contributed by atoms with E-state index in [9.17, 15) is 0 Å². The Morgan fingerprint density at radius 2 is 0.758 bits per heavy atom. The first kappa shape index (κ1) is 38.1. The van der Waals surface area contributed by atoms with Crippen LogP contribution in [0.5, 0.6) is 0 Å². The van der Waals surface area contributed by atoms with Crippen LogP contribution in [-0.2, 0) is 17.1 Å². The maximum absolute atomic E-state index is 8.49. The molecule has 205 valence electrons. The molecule has 0 aromatic rings. The summed E-state index contributed by atoms with van der Waals surface area (Å²) in [5, 5.41) is 14.2. The minimum Gasteiger partial charge on any atom is -0.303 e. The number of nitrogens with one attached hydrogen (secondary N) is 4. The summed E-state index contributed by atoms with van der Waals surface area (Å²) in [5.74, 6) is 0. The largest absolute Gasteiger partial charge is 2.00 e. The zero-order chi connectivity index (χ0) is 24.9. The minimum atomic E-state index is -4.94. The Hall–Kier alpha value is 0.539. The average molecular weight is 577 g/mol. The van der Waals surface area contributed by atoms with Crippen LogP contribution >= 0.6 is 0 Å². The van der Waals surface area contributed by atoms with Gasteiger partial charge in [0.2, 0.25) is 0 Å². The molecule has 1 fully saturated rings. The quantitative estimate of drug-likeness (QED) is 0.215. The molecule has 17 heteroatoms. The normalized spacial score (nSPS) is 18.0. The van der Waals surface area contributed by atoms with Gasteiger partial charge in [-0.2, -0.15) is 0 Å². The molecule has 0 unspecified atom stereocenters. The molecule has 14 nitrogen and oxygen atoms in total. The van der Waals surface area contributed by atoms with E-state index in [2.05, 4.69) is 44.9 Å². The van der Waals surface area contributed by atoms with Crippen molar-refractivity contribution in [2.24, 2.45) is 0 Å². The second kappa shape index (κ2) is 24.2. The Morgan fingerprint density at radius 1 is 0.545 bits per heavy atom. The van der Waals surface area contributed by atoms with Crippen LogP contribution in [0.2, 0.25) is 0 Å². The van der Waals surface area contributed by atoms with Crippen LogP contribution in [0.4, 0.5) is 0 Å². The topological polar surface area (TPSA) is 239 Å². The standard InChI is InChI=1S/C16H38N6.2ClHO4.Cu/c1-3-5-11-21-13-17-7-9-19-15-22(12-6-4-2)16-20-10-8-18-14-21;2*2-1(3,4)5;/h17-20H,3-16H2,1-2H3;2*(H,2,3,4,5);/q;;;+2/p-2. The van der Waals surface area contributed by atoms with Gasteiger partial charge in [-0.3, -0.25) is 9.80 Å². The Morgan fingerprint density at radius 3 is 0.939 bits per heavy atom. The summed E-state index contributed by atoms with van der Waals surface area (Å²) in [6.07, 6.45) is 5.05. The van der Waals surface area contributed by atoms with Crippen LogP contribution in [0.1, 0.15) is 39.5 Å². The van der Waals surface area contributed by atoms with Gasteiger partial charge in [0.05, 0.1) is 0 Å². The van der Waals surface area contributed by atoms with Gasteiger partial charge >= 0.3 is 17.1 Å². The Balaban J connectivity index is -0.000000686. The molecule has 1 aliphatic rings. The van der Waals surface area contributed by atoms with Crippen LogP contribution < -0.4 is 58.5 Å². The van der Waals surface area contributed by atoms with Gasteiger partial charge in [0.1, 0.15) is 0 Å². The molecule has 4 N–H and O–H groups in total. The van der Waals surface area contributed by atoms with Gasteiger partial charge in [-0.25, -0.2) is 37.3 Å². The van der Waals surface area contributed by atoms with Crippen molar-refractivity contribution in [3.05, 3.63) is 0 Å². The molecular weight excluding hydrogens is 539 g/mol. The van der Waals surface area contributed by atoms with Crippen LogP contribution in [0, 0.1) is 20.5 Å². The summed E-state index contributed by atoms with van der Waals surface area (Å²) >= 11 is 0. The second-order valence-corrected chi connectivity index (χ2v) is 8.40. The minimum absolute atomic E-state index is 0. The molecular formula is C16H38Cl2CuN6O8. The van der Waals surface area contributed by atoms with Crippen molar-refractivity contribution in [3.63, 3.8) is 0 Å². The molecule has 1 saturated heterocycles. The van der Waals surface area contributed by atoms with Crippen molar-refractivity contribution in [1.82, 2.24) is 31.1 Å². The van der Waals surface area contributed by atoms with E-state index in [1.807, 2.05) is 0 Å². The molecule has 0 saturated carbocycles. The number of hydrogen-bond donors (Lipinski definition) is 4. The first-order valence-electron chi connectivity index (χ1n) is 10.4. The molecule has 0 amide bonds. The van der Waals surface area contributed by atoms with Crippen molar-refractivity contribution in [3.8, 4) is 0 Å². The van der Waals surface area contributed by atoms with Crippen LogP contribution in [0.3, 0.4) is 0 Å². The first-order valence-corrected chi connectivity index (χ1v) is 12.8. The third kappa shape index (κ3) is 43.1. The summed E-state index contributed by atoms with van der Waals surface area (Å²) in [7, 11) is -9.89. The molecule has 1 aliphatic heterocycles. The number of halogens is 2. The van der Waals surface area contributed by atoms with Crippen molar-refractivity contribution >= 4 is 0 Å². The van der Waals surface area contributed by atoms with Crippen LogP contribution in [0.25, 0.3) is 0 Å². The Bertz CT molecular complexity index is 350. The average Bonchev–Trinajstić information content (AvgIpc) is 2.65. The molecule has 0 aromatic heterocycles. The molecule has 0 bridgehead atoms. The molecule has 0 aromatic carbocycles. The third-order valence-corrected chi connectivity index (χ3v) is 3.95. The molecule has 1 heterocycles. The Labute approximate surface area is 211 Å². The van der Waals surface area contributed by atoms with Gasteiger partial charge in [-0.1, -0.05) is 26.7 Å². The molecule has 33 heavy (non-hydrogen) atoms. The third-order valence-electron chi connectivity index (χ3n) is 3.95. The van der Waals surface area contributed by atoms with Crippen molar-refractivity contribution in [2.75, 3.05) is 65.9 Å². The van der Waals surface area contributed by atoms with Gasteiger partial charge in [-0.05, 0) is 12.8 Å². The molecule has 0 spiro atoms. The summed E-state index contributed by atoms with van der Waals surface area (Å²) < 4.78 is 67.9. The van der Waals surface area contributed by atoms with Crippen molar-refractivity contribution in [1.29, 1.82) is 0 Å². The zero-order valence-electron chi connectivity index (χ0n) is 19.1. The van der Waals surface area contributed by atoms with E-state index in [-0.39, 0.29) is 17.1 Å². The van der Waals surface area contributed by atoms with E-state index in [1.54, 1.807) is 0 Å². The van der Waals surface area contributed by atoms with Crippen molar-refractivity contribution in [2.45, 2.75) is 39.5 Å². The maximum Gasteiger partial charge on any atom is 2.00 e.